The molecule has 0 saturated carbocycles. The second-order valence-corrected chi connectivity index (χ2v) is 6.82. The smallest absolute Gasteiger partial charge is 0.257 e. The predicted octanol–water partition coefficient (Wildman–Crippen LogP) is 3.41. The van der Waals surface area contributed by atoms with Crippen LogP contribution in [0.25, 0.3) is 11.5 Å². The van der Waals surface area contributed by atoms with Gasteiger partial charge in [-0.2, -0.15) is 4.98 Å². The van der Waals surface area contributed by atoms with Crippen LogP contribution in [0.5, 0.6) is 11.5 Å². The van der Waals surface area contributed by atoms with E-state index in [0.717, 1.165) is 5.56 Å². The summed E-state index contributed by atoms with van der Waals surface area (Å²) in [7, 11) is 3.19. The van der Waals surface area contributed by atoms with Gasteiger partial charge in [-0.1, -0.05) is 5.16 Å². The van der Waals surface area contributed by atoms with E-state index in [4.69, 9.17) is 14.0 Å². The molecule has 0 bridgehead atoms. The quantitative estimate of drug-likeness (QED) is 0.634. The zero-order valence-electron chi connectivity index (χ0n) is 16.1. The normalized spacial score (nSPS) is 16.3. The molecule has 3 aromatic rings. The van der Waals surface area contributed by atoms with Crippen LogP contribution in [0.15, 0.2) is 47.0 Å². The zero-order valence-corrected chi connectivity index (χ0v) is 16.1. The molecule has 4 rings (SSSR count). The Balaban J connectivity index is 1.49. The molecule has 1 amide bonds. The number of hydrogen-bond donors (Lipinski definition) is 0. The van der Waals surface area contributed by atoms with Gasteiger partial charge in [-0.15, -0.1) is 0 Å². The number of hydrogen-bond acceptors (Lipinski definition) is 6. The monoisotopic (exact) mass is 397 g/mol. The average molecular weight is 397 g/mol. The standard InChI is InChI=1S/C21H20FN3O4/c1-27-17-7-8-18(28-2)14(9-17)11-25-12-15(10-19(25)26)20-23-21(29-24-20)13-3-5-16(22)6-4-13/h3-9,15H,10-12H2,1-2H3. The van der Waals surface area contributed by atoms with Crippen molar-refractivity contribution in [1.82, 2.24) is 15.0 Å². The van der Waals surface area contributed by atoms with Crippen molar-refractivity contribution in [2.75, 3.05) is 20.8 Å². The van der Waals surface area contributed by atoms with E-state index < -0.39 is 0 Å². The molecule has 0 aliphatic carbocycles. The Morgan fingerprint density at radius 2 is 1.97 bits per heavy atom. The number of carbonyl (C=O) groups excluding carboxylic acids is 1. The van der Waals surface area contributed by atoms with Crippen molar-refractivity contribution >= 4 is 5.91 Å². The highest BCUT2D eigenvalue weighted by Gasteiger charge is 2.34. The van der Waals surface area contributed by atoms with Gasteiger partial charge in [0, 0.05) is 36.6 Å². The molecule has 0 N–H and O–H groups in total. The average Bonchev–Trinajstić information content (AvgIpc) is 3.36. The van der Waals surface area contributed by atoms with E-state index in [0.29, 0.717) is 48.3 Å². The largest absolute Gasteiger partial charge is 0.497 e. The second kappa shape index (κ2) is 7.90. The van der Waals surface area contributed by atoms with Gasteiger partial charge in [0.05, 0.1) is 14.2 Å². The van der Waals surface area contributed by atoms with Crippen LogP contribution in [-0.4, -0.2) is 41.7 Å². The van der Waals surface area contributed by atoms with E-state index in [-0.39, 0.29) is 17.6 Å². The Morgan fingerprint density at radius 1 is 1.17 bits per heavy atom. The summed E-state index contributed by atoms with van der Waals surface area (Å²) in [5.74, 6) is 1.67. The number of aromatic nitrogens is 2. The number of likely N-dealkylation sites (tertiary alicyclic amines) is 1. The molecule has 150 valence electrons. The summed E-state index contributed by atoms with van der Waals surface area (Å²) in [5.41, 5.74) is 1.49. The van der Waals surface area contributed by atoms with Crippen molar-refractivity contribution in [1.29, 1.82) is 0 Å². The third kappa shape index (κ3) is 3.91. The van der Waals surface area contributed by atoms with E-state index in [1.165, 1.54) is 12.1 Å². The lowest BCUT2D eigenvalue weighted by Gasteiger charge is -2.18. The summed E-state index contributed by atoms with van der Waals surface area (Å²) >= 11 is 0. The van der Waals surface area contributed by atoms with Gasteiger partial charge in [0.15, 0.2) is 5.82 Å². The van der Waals surface area contributed by atoms with E-state index in [2.05, 4.69) is 10.1 Å². The third-order valence-corrected chi connectivity index (χ3v) is 4.96. The molecule has 1 unspecified atom stereocenters. The molecule has 1 aliphatic rings. The fourth-order valence-corrected chi connectivity index (χ4v) is 3.42. The Bertz CT molecular complexity index is 1020. The number of carbonyl (C=O) groups is 1. The first-order valence-corrected chi connectivity index (χ1v) is 9.15. The van der Waals surface area contributed by atoms with E-state index in [1.54, 1.807) is 31.3 Å². The summed E-state index contributed by atoms with van der Waals surface area (Å²) in [4.78, 5) is 18.7. The first-order chi connectivity index (χ1) is 14.1. The maximum atomic E-state index is 13.1. The topological polar surface area (TPSA) is 77.7 Å². The van der Waals surface area contributed by atoms with Gasteiger partial charge in [-0.25, -0.2) is 4.39 Å². The molecule has 2 heterocycles. The number of ether oxygens (including phenoxy) is 2. The van der Waals surface area contributed by atoms with Crippen molar-refractivity contribution in [3.63, 3.8) is 0 Å². The van der Waals surface area contributed by atoms with Crippen LogP contribution in [0.3, 0.4) is 0 Å². The Morgan fingerprint density at radius 3 is 2.69 bits per heavy atom. The van der Waals surface area contributed by atoms with Crippen LogP contribution in [0.2, 0.25) is 0 Å². The van der Waals surface area contributed by atoms with Gasteiger partial charge in [0.25, 0.3) is 5.89 Å². The Hall–Kier alpha value is -3.42. The number of amides is 1. The minimum absolute atomic E-state index is 0.00741. The van der Waals surface area contributed by atoms with Gasteiger partial charge >= 0.3 is 0 Å². The number of rotatable bonds is 6. The molecule has 7 nitrogen and oxygen atoms in total. The van der Waals surface area contributed by atoms with Gasteiger partial charge < -0.3 is 18.9 Å². The third-order valence-electron chi connectivity index (χ3n) is 4.96. The number of nitrogens with zero attached hydrogens (tertiary/aromatic N) is 3. The summed E-state index contributed by atoms with van der Waals surface area (Å²) < 4.78 is 29.1. The van der Waals surface area contributed by atoms with Crippen LogP contribution in [-0.2, 0) is 11.3 Å². The van der Waals surface area contributed by atoms with Crippen molar-refractivity contribution < 1.29 is 23.2 Å². The number of methoxy groups -OCH3 is 2. The van der Waals surface area contributed by atoms with Crippen LogP contribution >= 0.6 is 0 Å². The summed E-state index contributed by atoms with van der Waals surface area (Å²) in [5, 5.41) is 4.03. The maximum Gasteiger partial charge on any atom is 0.257 e. The fourth-order valence-electron chi connectivity index (χ4n) is 3.42. The predicted molar refractivity (Wildman–Crippen MR) is 102 cm³/mol. The molecule has 1 fully saturated rings. The second-order valence-electron chi connectivity index (χ2n) is 6.82. The highest BCUT2D eigenvalue weighted by Crippen LogP contribution is 2.32. The van der Waals surface area contributed by atoms with Crippen molar-refractivity contribution in [3.05, 3.63) is 59.7 Å². The molecule has 0 radical (unpaired) electrons. The zero-order chi connectivity index (χ0) is 20.4. The van der Waals surface area contributed by atoms with Crippen molar-refractivity contribution in [3.8, 4) is 23.0 Å². The molecule has 1 aromatic heterocycles. The molecule has 1 aliphatic heterocycles. The number of benzene rings is 2. The van der Waals surface area contributed by atoms with Crippen molar-refractivity contribution in [2.45, 2.75) is 18.9 Å². The Kier molecular flexibility index (Phi) is 5.16. The van der Waals surface area contributed by atoms with Gasteiger partial charge in [-0.3, -0.25) is 4.79 Å². The maximum absolute atomic E-state index is 13.1. The van der Waals surface area contributed by atoms with Crippen LogP contribution < -0.4 is 9.47 Å². The molecule has 0 spiro atoms. The van der Waals surface area contributed by atoms with Crippen LogP contribution in [0.4, 0.5) is 4.39 Å². The highest BCUT2D eigenvalue weighted by molar-refractivity contribution is 5.79. The van der Waals surface area contributed by atoms with Gasteiger partial charge in [0.2, 0.25) is 5.91 Å². The minimum atomic E-state index is -0.335. The highest BCUT2D eigenvalue weighted by atomic mass is 19.1. The summed E-state index contributed by atoms with van der Waals surface area (Å²) in [6.45, 7) is 0.875. The van der Waals surface area contributed by atoms with Crippen molar-refractivity contribution in [2.24, 2.45) is 0 Å². The summed E-state index contributed by atoms with van der Waals surface area (Å²) in [6.07, 6.45) is 0.300. The molecule has 1 atom stereocenters. The van der Waals surface area contributed by atoms with Crippen LogP contribution in [0, 0.1) is 5.82 Å². The lowest BCUT2D eigenvalue weighted by Crippen LogP contribution is -2.24. The van der Waals surface area contributed by atoms with Gasteiger partial charge in [0.1, 0.15) is 17.3 Å². The molecule has 29 heavy (non-hydrogen) atoms. The minimum Gasteiger partial charge on any atom is -0.497 e. The first-order valence-electron chi connectivity index (χ1n) is 9.15. The van der Waals surface area contributed by atoms with Crippen LogP contribution in [0.1, 0.15) is 23.7 Å². The Labute approximate surface area is 167 Å². The molecule has 8 heteroatoms. The molecule has 2 aromatic carbocycles. The van der Waals surface area contributed by atoms with E-state index in [9.17, 15) is 9.18 Å². The van der Waals surface area contributed by atoms with E-state index in [1.807, 2.05) is 18.2 Å². The first kappa shape index (κ1) is 18.9. The summed E-state index contributed by atoms with van der Waals surface area (Å²) in [6, 6.07) is 11.3. The lowest BCUT2D eigenvalue weighted by atomic mass is 10.1. The lowest BCUT2D eigenvalue weighted by molar-refractivity contribution is -0.128. The molecular formula is C21H20FN3O4. The molecule has 1 saturated heterocycles. The van der Waals surface area contributed by atoms with E-state index >= 15 is 0 Å². The van der Waals surface area contributed by atoms with Gasteiger partial charge in [-0.05, 0) is 42.5 Å². The number of halogens is 1. The molecular weight excluding hydrogens is 377 g/mol. The SMILES string of the molecule is COc1ccc(OC)c(CN2CC(c3noc(-c4ccc(F)cc4)n3)CC2=O)c1. The fraction of sp³-hybridized carbons (Fsp3) is 0.286.